The Morgan fingerprint density at radius 2 is 1.78 bits per heavy atom. The number of anilines is 1. The van der Waals surface area contributed by atoms with Crippen molar-refractivity contribution in [2.75, 3.05) is 11.9 Å². The summed E-state index contributed by atoms with van der Waals surface area (Å²) < 4.78 is 5.69. The lowest BCUT2D eigenvalue weighted by atomic mass is 10.1. The molecule has 0 radical (unpaired) electrons. The van der Waals surface area contributed by atoms with Gasteiger partial charge in [-0.15, -0.1) is 0 Å². The van der Waals surface area contributed by atoms with Crippen LogP contribution in [-0.2, 0) is 4.79 Å². The van der Waals surface area contributed by atoms with Crippen molar-refractivity contribution < 1.29 is 9.53 Å². The Bertz CT molecular complexity index is 626. The maximum Gasteiger partial charge on any atom is 0.239 e. The minimum absolute atomic E-state index is 0.0449. The number of benzene rings is 2. The molecular formula is C19H24N2O2. The average Bonchev–Trinajstić information content (AvgIpc) is 2.53. The van der Waals surface area contributed by atoms with Gasteiger partial charge >= 0.3 is 0 Å². The fraction of sp³-hybridized carbons (Fsp3) is 0.316. The Morgan fingerprint density at radius 3 is 2.48 bits per heavy atom. The van der Waals surface area contributed by atoms with Gasteiger partial charge in [0.2, 0.25) is 5.91 Å². The Morgan fingerprint density at radius 1 is 1.04 bits per heavy atom. The van der Waals surface area contributed by atoms with E-state index in [1.807, 2.05) is 75.4 Å². The molecule has 23 heavy (non-hydrogen) atoms. The van der Waals surface area contributed by atoms with E-state index in [4.69, 9.17) is 4.74 Å². The van der Waals surface area contributed by atoms with Gasteiger partial charge in [-0.05, 0) is 50.6 Å². The molecule has 2 aromatic rings. The highest BCUT2D eigenvalue weighted by molar-refractivity contribution is 5.81. The summed E-state index contributed by atoms with van der Waals surface area (Å²) in [6, 6.07) is 17.4. The molecule has 0 bridgehead atoms. The number of carbonyl (C=O) groups excluding carboxylic acids is 1. The molecule has 0 spiro atoms. The summed E-state index contributed by atoms with van der Waals surface area (Å²) in [5.74, 6) is 0.776. The SMILES string of the molecule is CC(C)Oc1cccc(C(C)NC(=O)CNc2ccccc2)c1. The monoisotopic (exact) mass is 312 g/mol. The van der Waals surface area contributed by atoms with Gasteiger partial charge < -0.3 is 15.4 Å². The molecule has 4 heteroatoms. The average molecular weight is 312 g/mol. The first-order chi connectivity index (χ1) is 11.0. The third-order valence-corrected chi connectivity index (χ3v) is 3.33. The molecule has 1 atom stereocenters. The number of hydrogen-bond acceptors (Lipinski definition) is 3. The zero-order valence-electron chi connectivity index (χ0n) is 13.9. The zero-order chi connectivity index (χ0) is 16.7. The highest BCUT2D eigenvalue weighted by Crippen LogP contribution is 2.20. The van der Waals surface area contributed by atoms with Gasteiger partial charge in [-0.1, -0.05) is 30.3 Å². The van der Waals surface area contributed by atoms with Crippen LogP contribution < -0.4 is 15.4 Å². The molecule has 0 aliphatic rings. The van der Waals surface area contributed by atoms with Crippen molar-refractivity contribution in [3.05, 3.63) is 60.2 Å². The van der Waals surface area contributed by atoms with Crippen LogP contribution in [0.3, 0.4) is 0 Å². The standard InChI is InChI=1S/C19H24N2O2/c1-14(2)23-18-11-7-8-16(12-18)15(3)21-19(22)13-20-17-9-5-4-6-10-17/h4-12,14-15,20H,13H2,1-3H3,(H,21,22). The summed E-state index contributed by atoms with van der Waals surface area (Å²) >= 11 is 0. The molecule has 2 aromatic carbocycles. The normalized spacial score (nSPS) is 11.8. The lowest BCUT2D eigenvalue weighted by molar-refractivity contribution is -0.120. The van der Waals surface area contributed by atoms with E-state index in [1.54, 1.807) is 0 Å². The van der Waals surface area contributed by atoms with Crippen LogP contribution >= 0.6 is 0 Å². The van der Waals surface area contributed by atoms with Crippen LogP contribution in [0.1, 0.15) is 32.4 Å². The van der Waals surface area contributed by atoms with E-state index >= 15 is 0 Å². The van der Waals surface area contributed by atoms with Crippen molar-refractivity contribution in [3.63, 3.8) is 0 Å². The maximum atomic E-state index is 12.1. The summed E-state index contributed by atoms with van der Waals surface area (Å²) in [5, 5.41) is 6.09. The highest BCUT2D eigenvalue weighted by atomic mass is 16.5. The van der Waals surface area contributed by atoms with Crippen LogP contribution in [-0.4, -0.2) is 18.6 Å². The first-order valence-electron chi connectivity index (χ1n) is 7.89. The van der Waals surface area contributed by atoms with Crippen LogP contribution in [0.5, 0.6) is 5.75 Å². The Labute approximate surface area is 137 Å². The van der Waals surface area contributed by atoms with Crippen molar-refractivity contribution in [2.24, 2.45) is 0 Å². The van der Waals surface area contributed by atoms with E-state index in [9.17, 15) is 4.79 Å². The lowest BCUT2D eigenvalue weighted by Crippen LogP contribution is -2.32. The number of ether oxygens (including phenoxy) is 1. The molecule has 1 unspecified atom stereocenters. The largest absolute Gasteiger partial charge is 0.491 e. The first-order valence-corrected chi connectivity index (χ1v) is 7.89. The minimum Gasteiger partial charge on any atom is -0.491 e. The van der Waals surface area contributed by atoms with E-state index < -0.39 is 0 Å². The third kappa shape index (κ3) is 5.66. The molecule has 0 saturated heterocycles. The zero-order valence-corrected chi connectivity index (χ0v) is 13.9. The predicted octanol–water partition coefficient (Wildman–Crippen LogP) is 3.76. The predicted molar refractivity (Wildman–Crippen MR) is 93.7 cm³/mol. The molecule has 0 aromatic heterocycles. The summed E-state index contributed by atoms with van der Waals surface area (Å²) in [6.07, 6.45) is 0.130. The van der Waals surface area contributed by atoms with Gasteiger partial charge in [0, 0.05) is 5.69 Å². The molecule has 0 fully saturated rings. The van der Waals surface area contributed by atoms with Gasteiger partial charge in [0.1, 0.15) is 5.75 Å². The molecule has 0 heterocycles. The summed E-state index contributed by atoms with van der Waals surface area (Å²) in [4.78, 5) is 12.1. The number of hydrogen-bond donors (Lipinski definition) is 2. The molecule has 2 N–H and O–H groups in total. The number of nitrogens with one attached hydrogen (secondary N) is 2. The van der Waals surface area contributed by atoms with Crippen molar-refractivity contribution >= 4 is 11.6 Å². The smallest absolute Gasteiger partial charge is 0.239 e. The fourth-order valence-electron chi connectivity index (χ4n) is 2.24. The lowest BCUT2D eigenvalue weighted by Gasteiger charge is -2.17. The van der Waals surface area contributed by atoms with E-state index in [0.29, 0.717) is 0 Å². The molecule has 0 saturated carbocycles. The molecule has 1 amide bonds. The second-order valence-electron chi connectivity index (χ2n) is 5.75. The molecule has 0 aliphatic carbocycles. The summed E-state index contributed by atoms with van der Waals surface area (Å²) in [6.45, 7) is 6.20. The van der Waals surface area contributed by atoms with Crippen LogP contribution in [0.2, 0.25) is 0 Å². The van der Waals surface area contributed by atoms with Crippen molar-refractivity contribution in [3.8, 4) is 5.75 Å². The quantitative estimate of drug-likeness (QED) is 0.818. The van der Waals surface area contributed by atoms with Crippen LogP contribution in [0.4, 0.5) is 5.69 Å². The summed E-state index contributed by atoms with van der Waals surface area (Å²) in [5.41, 5.74) is 1.96. The van der Waals surface area contributed by atoms with Gasteiger partial charge in [-0.25, -0.2) is 0 Å². The number of rotatable bonds is 7. The summed E-state index contributed by atoms with van der Waals surface area (Å²) in [7, 11) is 0. The Balaban J connectivity index is 1.88. The molecule has 4 nitrogen and oxygen atoms in total. The number of para-hydroxylation sites is 1. The van der Waals surface area contributed by atoms with E-state index in [-0.39, 0.29) is 24.6 Å². The molecule has 122 valence electrons. The first kappa shape index (κ1) is 16.9. The maximum absolute atomic E-state index is 12.1. The van der Waals surface area contributed by atoms with Gasteiger partial charge in [-0.3, -0.25) is 4.79 Å². The second-order valence-corrected chi connectivity index (χ2v) is 5.75. The van der Waals surface area contributed by atoms with Crippen molar-refractivity contribution in [2.45, 2.75) is 32.9 Å². The van der Waals surface area contributed by atoms with E-state index in [1.165, 1.54) is 0 Å². The van der Waals surface area contributed by atoms with Gasteiger partial charge in [0.25, 0.3) is 0 Å². The van der Waals surface area contributed by atoms with Gasteiger partial charge in [-0.2, -0.15) is 0 Å². The topological polar surface area (TPSA) is 50.4 Å². The highest BCUT2D eigenvalue weighted by Gasteiger charge is 2.10. The van der Waals surface area contributed by atoms with E-state index in [0.717, 1.165) is 17.0 Å². The number of amides is 1. The molecule has 0 aliphatic heterocycles. The molecule has 2 rings (SSSR count). The van der Waals surface area contributed by atoms with Crippen LogP contribution in [0.15, 0.2) is 54.6 Å². The third-order valence-electron chi connectivity index (χ3n) is 3.33. The van der Waals surface area contributed by atoms with Crippen LogP contribution in [0, 0.1) is 0 Å². The number of carbonyl (C=O) groups is 1. The second kappa shape index (κ2) is 8.22. The van der Waals surface area contributed by atoms with Crippen molar-refractivity contribution in [1.82, 2.24) is 5.32 Å². The Kier molecular flexibility index (Phi) is 6.03. The Hall–Kier alpha value is -2.49. The van der Waals surface area contributed by atoms with Crippen LogP contribution in [0.25, 0.3) is 0 Å². The van der Waals surface area contributed by atoms with Gasteiger partial charge in [0.15, 0.2) is 0 Å². The van der Waals surface area contributed by atoms with Crippen molar-refractivity contribution in [1.29, 1.82) is 0 Å². The fourth-order valence-corrected chi connectivity index (χ4v) is 2.24. The van der Waals surface area contributed by atoms with E-state index in [2.05, 4.69) is 10.6 Å². The molecular weight excluding hydrogens is 288 g/mol. The minimum atomic E-state index is -0.0733. The van der Waals surface area contributed by atoms with Gasteiger partial charge in [0.05, 0.1) is 18.7 Å².